The van der Waals surface area contributed by atoms with Crippen LogP contribution in [0, 0.1) is 0 Å². The Hall–Kier alpha value is -3.70. The molecule has 0 spiro atoms. The Morgan fingerprint density at radius 1 is 0.968 bits per heavy atom. The highest BCUT2D eigenvalue weighted by molar-refractivity contribution is 5.90. The zero-order valence-electron chi connectivity index (χ0n) is 15.3. The number of nitrogens with one attached hydrogen (secondary N) is 1. The molecule has 1 N–H and O–H groups in total. The standard InChI is InChI=1S/C19H12F6N4O2/c20-18(21,22)12-6-13(19(23,24)25)8-14(7-12)27-16(30)10-29-17(31)4-3-15(28-29)11-2-1-5-26-9-11/h1-9H,10H2,(H,27,30). The molecule has 0 radical (unpaired) electrons. The molecular weight excluding hydrogens is 430 g/mol. The number of halogens is 6. The molecule has 2 aromatic heterocycles. The van der Waals surface area contributed by atoms with Gasteiger partial charge in [-0.1, -0.05) is 0 Å². The third kappa shape index (κ3) is 5.47. The number of anilines is 1. The topological polar surface area (TPSA) is 76.9 Å². The largest absolute Gasteiger partial charge is 0.416 e. The maximum Gasteiger partial charge on any atom is 0.416 e. The summed E-state index contributed by atoms with van der Waals surface area (Å²) in [4.78, 5) is 28.1. The van der Waals surface area contributed by atoms with E-state index in [0.717, 1.165) is 10.7 Å². The zero-order chi connectivity index (χ0) is 22.8. The van der Waals surface area contributed by atoms with Crippen molar-refractivity contribution in [3.63, 3.8) is 0 Å². The van der Waals surface area contributed by atoms with E-state index in [2.05, 4.69) is 10.1 Å². The number of carbonyl (C=O) groups excluding carboxylic acids is 1. The molecule has 0 saturated carbocycles. The van der Waals surface area contributed by atoms with Crippen molar-refractivity contribution in [2.75, 3.05) is 5.32 Å². The molecule has 2 heterocycles. The van der Waals surface area contributed by atoms with E-state index in [9.17, 15) is 35.9 Å². The number of alkyl halides is 6. The van der Waals surface area contributed by atoms with Gasteiger partial charge < -0.3 is 5.32 Å². The minimum Gasteiger partial charge on any atom is -0.324 e. The Balaban J connectivity index is 1.87. The Kier molecular flexibility index (Phi) is 5.82. The first-order valence-electron chi connectivity index (χ1n) is 8.51. The van der Waals surface area contributed by atoms with Crippen LogP contribution in [0.25, 0.3) is 11.3 Å². The highest BCUT2D eigenvalue weighted by Crippen LogP contribution is 2.37. The summed E-state index contributed by atoms with van der Waals surface area (Å²) in [6.07, 6.45) is -7.15. The number of hydrogen-bond acceptors (Lipinski definition) is 4. The fourth-order valence-corrected chi connectivity index (χ4v) is 2.59. The summed E-state index contributed by atoms with van der Waals surface area (Å²) in [5.41, 5.74) is -3.74. The van der Waals surface area contributed by atoms with Gasteiger partial charge in [0.1, 0.15) is 6.54 Å². The lowest BCUT2D eigenvalue weighted by atomic mass is 10.1. The molecule has 0 bridgehead atoms. The molecule has 0 saturated heterocycles. The average Bonchev–Trinajstić information content (AvgIpc) is 2.68. The third-order valence-corrected chi connectivity index (χ3v) is 3.99. The Morgan fingerprint density at radius 2 is 1.61 bits per heavy atom. The van der Waals surface area contributed by atoms with Crippen molar-refractivity contribution in [3.05, 3.63) is 76.3 Å². The SMILES string of the molecule is O=C(Cn1nc(-c2cccnc2)ccc1=O)Nc1cc(C(F)(F)F)cc(C(F)(F)F)c1. The van der Waals surface area contributed by atoms with Crippen LogP contribution < -0.4 is 10.9 Å². The number of carbonyl (C=O) groups is 1. The number of aromatic nitrogens is 3. The van der Waals surface area contributed by atoms with Crippen LogP contribution in [0.5, 0.6) is 0 Å². The molecule has 1 amide bonds. The van der Waals surface area contributed by atoms with Gasteiger partial charge in [0.2, 0.25) is 5.91 Å². The third-order valence-electron chi connectivity index (χ3n) is 3.99. The normalized spacial score (nSPS) is 11.9. The summed E-state index contributed by atoms with van der Waals surface area (Å²) in [6.45, 7) is -0.732. The van der Waals surface area contributed by atoms with E-state index < -0.39 is 47.2 Å². The molecule has 31 heavy (non-hydrogen) atoms. The van der Waals surface area contributed by atoms with E-state index >= 15 is 0 Å². The summed E-state index contributed by atoms with van der Waals surface area (Å²) in [5, 5.41) is 5.93. The van der Waals surface area contributed by atoms with Gasteiger partial charge in [0, 0.05) is 29.7 Å². The molecule has 1 aromatic carbocycles. The molecule has 0 aliphatic rings. The summed E-state index contributed by atoms with van der Waals surface area (Å²) in [7, 11) is 0. The van der Waals surface area contributed by atoms with Crippen LogP contribution in [0.4, 0.5) is 32.0 Å². The second kappa shape index (κ2) is 8.20. The van der Waals surface area contributed by atoms with Crippen molar-refractivity contribution in [2.24, 2.45) is 0 Å². The number of pyridine rings is 1. The van der Waals surface area contributed by atoms with Crippen molar-refractivity contribution in [1.82, 2.24) is 14.8 Å². The van der Waals surface area contributed by atoms with Gasteiger partial charge in [-0.2, -0.15) is 31.4 Å². The maximum atomic E-state index is 12.9. The first-order valence-corrected chi connectivity index (χ1v) is 8.51. The fraction of sp³-hybridized carbons (Fsp3) is 0.158. The van der Waals surface area contributed by atoms with E-state index in [1.807, 2.05) is 5.32 Å². The summed E-state index contributed by atoms with van der Waals surface area (Å²) in [5.74, 6) is -1.04. The number of hydrogen-bond donors (Lipinski definition) is 1. The van der Waals surface area contributed by atoms with Gasteiger partial charge in [-0.05, 0) is 36.4 Å². The minimum atomic E-state index is -5.06. The van der Waals surface area contributed by atoms with Crippen LogP contribution >= 0.6 is 0 Å². The first kappa shape index (κ1) is 22.0. The predicted octanol–water partition coefficient (Wildman–Crippen LogP) is 3.98. The van der Waals surface area contributed by atoms with Gasteiger partial charge in [-0.3, -0.25) is 14.6 Å². The molecule has 0 aliphatic carbocycles. The minimum absolute atomic E-state index is 0.0565. The van der Waals surface area contributed by atoms with Crippen LogP contribution in [-0.4, -0.2) is 20.7 Å². The molecule has 162 valence electrons. The zero-order valence-corrected chi connectivity index (χ0v) is 15.3. The molecule has 6 nitrogen and oxygen atoms in total. The maximum absolute atomic E-state index is 12.9. The van der Waals surface area contributed by atoms with Gasteiger partial charge in [-0.15, -0.1) is 0 Å². The molecule has 3 aromatic rings. The van der Waals surface area contributed by atoms with Gasteiger partial charge >= 0.3 is 12.4 Å². The van der Waals surface area contributed by atoms with E-state index in [1.54, 1.807) is 12.1 Å². The van der Waals surface area contributed by atoms with Gasteiger partial charge in [0.15, 0.2) is 0 Å². The van der Waals surface area contributed by atoms with E-state index in [-0.39, 0.29) is 6.07 Å². The summed E-state index contributed by atoms with van der Waals surface area (Å²) < 4.78 is 78.4. The summed E-state index contributed by atoms with van der Waals surface area (Å²) >= 11 is 0. The van der Waals surface area contributed by atoms with Crippen molar-refractivity contribution < 1.29 is 31.1 Å². The molecular formula is C19H12F6N4O2. The van der Waals surface area contributed by atoms with E-state index in [0.29, 0.717) is 23.4 Å². The molecule has 0 fully saturated rings. The highest BCUT2D eigenvalue weighted by atomic mass is 19.4. The van der Waals surface area contributed by atoms with Gasteiger partial charge in [0.25, 0.3) is 5.56 Å². The quantitative estimate of drug-likeness (QED) is 0.621. The van der Waals surface area contributed by atoms with Crippen LogP contribution in [0.2, 0.25) is 0 Å². The predicted molar refractivity (Wildman–Crippen MR) is 96.8 cm³/mol. The smallest absolute Gasteiger partial charge is 0.324 e. The lowest BCUT2D eigenvalue weighted by Gasteiger charge is -2.15. The number of rotatable bonds is 4. The second-order valence-corrected chi connectivity index (χ2v) is 6.30. The number of benzene rings is 1. The molecule has 0 aliphatic heterocycles. The lowest BCUT2D eigenvalue weighted by Crippen LogP contribution is -2.29. The van der Waals surface area contributed by atoms with Crippen LogP contribution in [0.1, 0.15) is 11.1 Å². The fourth-order valence-electron chi connectivity index (χ4n) is 2.59. The van der Waals surface area contributed by atoms with Gasteiger partial charge in [0.05, 0.1) is 16.8 Å². The van der Waals surface area contributed by atoms with E-state index in [1.165, 1.54) is 18.5 Å². The number of nitrogens with zero attached hydrogens (tertiary/aromatic N) is 3. The highest BCUT2D eigenvalue weighted by Gasteiger charge is 2.37. The monoisotopic (exact) mass is 442 g/mol. The molecule has 0 atom stereocenters. The van der Waals surface area contributed by atoms with Crippen LogP contribution in [-0.2, 0) is 23.7 Å². The number of amides is 1. The molecule has 12 heteroatoms. The molecule has 0 unspecified atom stereocenters. The van der Waals surface area contributed by atoms with Crippen molar-refractivity contribution in [3.8, 4) is 11.3 Å². The van der Waals surface area contributed by atoms with Crippen molar-refractivity contribution >= 4 is 11.6 Å². The van der Waals surface area contributed by atoms with Crippen LogP contribution in [0.3, 0.4) is 0 Å². The summed E-state index contributed by atoms with van der Waals surface area (Å²) in [6, 6.07) is 6.45. The van der Waals surface area contributed by atoms with Gasteiger partial charge in [-0.25, -0.2) is 4.68 Å². The Morgan fingerprint density at radius 3 is 2.16 bits per heavy atom. The van der Waals surface area contributed by atoms with Crippen molar-refractivity contribution in [1.29, 1.82) is 0 Å². The van der Waals surface area contributed by atoms with Crippen LogP contribution in [0.15, 0.2) is 59.7 Å². The second-order valence-electron chi connectivity index (χ2n) is 6.30. The lowest BCUT2D eigenvalue weighted by molar-refractivity contribution is -0.143. The van der Waals surface area contributed by atoms with Crippen molar-refractivity contribution in [2.45, 2.75) is 18.9 Å². The first-order chi connectivity index (χ1) is 14.4. The van der Waals surface area contributed by atoms with E-state index in [4.69, 9.17) is 0 Å². The average molecular weight is 442 g/mol. The molecule has 3 rings (SSSR count). The Labute approximate surface area is 170 Å². The Bertz CT molecular complexity index is 1120.